The molecule has 0 aliphatic heterocycles. The molecule has 0 saturated carbocycles. The number of nitro groups is 1. The number of carbonyl (C=O) groups is 2. The molecule has 160 valence electrons. The molecule has 2 rings (SSSR count). The topological polar surface area (TPSA) is 115 Å². The molecule has 1 aromatic carbocycles. The molecule has 2 amide bonds. The van der Waals surface area contributed by atoms with Crippen LogP contribution in [0.1, 0.15) is 53.0 Å². The molecular formula is C21H26N4O5. The van der Waals surface area contributed by atoms with Crippen LogP contribution in [-0.4, -0.2) is 39.3 Å². The van der Waals surface area contributed by atoms with Gasteiger partial charge in [0.2, 0.25) is 0 Å². The van der Waals surface area contributed by atoms with E-state index in [4.69, 9.17) is 0 Å². The van der Waals surface area contributed by atoms with Crippen molar-refractivity contribution in [1.29, 1.82) is 0 Å². The maximum Gasteiger partial charge on any atom is 0.274 e. The van der Waals surface area contributed by atoms with Gasteiger partial charge in [-0.15, -0.1) is 0 Å². The molecule has 0 unspecified atom stereocenters. The zero-order valence-corrected chi connectivity index (χ0v) is 17.6. The van der Waals surface area contributed by atoms with E-state index in [1.54, 1.807) is 4.90 Å². The van der Waals surface area contributed by atoms with Gasteiger partial charge in [-0.1, -0.05) is 19.9 Å². The zero-order valence-electron chi connectivity index (χ0n) is 17.6. The van der Waals surface area contributed by atoms with Crippen LogP contribution in [0.25, 0.3) is 0 Å². The van der Waals surface area contributed by atoms with E-state index in [0.29, 0.717) is 13.1 Å². The molecule has 0 aliphatic rings. The second-order valence-electron chi connectivity index (χ2n) is 7.01. The highest BCUT2D eigenvalue weighted by Gasteiger charge is 2.21. The second-order valence-corrected chi connectivity index (χ2v) is 7.01. The zero-order chi connectivity index (χ0) is 22.4. The van der Waals surface area contributed by atoms with Gasteiger partial charge in [-0.2, -0.15) is 0 Å². The Labute approximate surface area is 174 Å². The van der Waals surface area contributed by atoms with Crippen LogP contribution in [-0.2, 0) is 7.05 Å². The highest BCUT2D eigenvalue weighted by molar-refractivity contribution is 6.06. The number of nitrogens with zero attached hydrogens (tertiary/aromatic N) is 3. The number of rotatable bonds is 8. The van der Waals surface area contributed by atoms with E-state index in [9.17, 15) is 24.5 Å². The normalized spacial score (nSPS) is 10.5. The maximum atomic E-state index is 12.9. The van der Waals surface area contributed by atoms with E-state index >= 15 is 0 Å². The molecule has 9 heteroatoms. The van der Waals surface area contributed by atoms with E-state index in [2.05, 4.69) is 5.32 Å². The van der Waals surface area contributed by atoms with E-state index in [1.807, 2.05) is 13.8 Å². The number of nitro benzene ring substituents is 1. The van der Waals surface area contributed by atoms with Crippen molar-refractivity contribution in [3.63, 3.8) is 0 Å². The fourth-order valence-corrected chi connectivity index (χ4v) is 3.21. The molecule has 0 bridgehead atoms. The molecule has 0 saturated heterocycles. The minimum atomic E-state index is -0.656. The summed E-state index contributed by atoms with van der Waals surface area (Å²) in [6, 6.07) is 5.51. The van der Waals surface area contributed by atoms with Crippen LogP contribution < -0.4 is 10.9 Å². The number of pyridine rings is 1. The van der Waals surface area contributed by atoms with E-state index in [0.717, 1.165) is 12.8 Å². The lowest BCUT2D eigenvalue weighted by atomic mass is 10.1. The summed E-state index contributed by atoms with van der Waals surface area (Å²) in [7, 11) is 1.50. The third-order valence-corrected chi connectivity index (χ3v) is 4.70. The van der Waals surface area contributed by atoms with E-state index < -0.39 is 16.4 Å². The summed E-state index contributed by atoms with van der Waals surface area (Å²) in [4.78, 5) is 50.4. The van der Waals surface area contributed by atoms with E-state index in [1.165, 1.54) is 49.0 Å². The minimum absolute atomic E-state index is 0.0628. The minimum Gasteiger partial charge on any atom is -0.339 e. The molecular weight excluding hydrogens is 388 g/mol. The first-order chi connectivity index (χ1) is 14.2. The Morgan fingerprint density at radius 2 is 1.83 bits per heavy atom. The number of nitrogens with one attached hydrogen (secondary N) is 1. The molecule has 0 radical (unpaired) electrons. The van der Waals surface area contributed by atoms with Gasteiger partial charge >= 0.3 is 0 Å². The van der Waals surface area contributed by atoms with Gasteiger partial charge in [0.25, 0.3) is 23.1 Å². The average molecular weight is 414 g/mol. The van der Waals surface area contributed by atoms with Gasteiger partial charge in [-0.05, 0) is 31.9 Å². The highest BCUT2D eigenvalue weighted by Crippen LogP contribution is 2.22. The van der Waals surface area contributed by atoms with Gasteiger partial charge < -0.3 is 14.8 Å². The molecule has 30 heavy (non-hydrogen) atoms. The van der Waals surface area contributed by atoms with Crippen molar-refractivity contribution in [3.8, 4) is 0 Å². The number of aromatic nitrogens is 1. The predicted molar refractivity (Wildman–Crippen MR) is 114 cm³/mol. The Morgan fingerprint density at radius 1 is 1.20 bits per heavy atom. The Hall–Kier alpha value is -3.49. The molecule has 0 aliphatic carbocycles. The summed E-state index contributed by atoms with van der Waals surface area (Å²) >= 11 is 0. The standard InChI is InChI=1S/C21H26N4O5/c1-5-10-24(11-6-2)20(27)15-12-17(21(28)23(4)13-15)22-19(26)16-8-7-9-18(14(16)3)25(29)30/h7-9,12-13H,5-6,10-11H2,1-4H3,(H,22,26). The van der Waals surface area contributed by atoms with Gasteiger partial charge in [0.1, 0.15) is 5.69 Å². The number of carbonyl (C=O) groups excluding carboxylic acids is 2. The number of aryl methyl sites for hydroxylation is 1. The van der Waals surface area contributed by atoms with Crippen LogP contribution in [0.2, 0.25) is 0 Å². The smallest absolute Gasteiger partial charge is 0.274 e. The number of hydrogen-bond donors (Lipinski definition) is 1. The monoisotopic (exact) mass is 414 g/mol. The lowest BCUT2D eigenvalue weighted by molar-refractivity contribution is -0.385. The van der Waals surface area contributed by atoms with Crippen molar-refractivity contribution in [2.24, 2.45) is 7.05 Å². The SMILES string of the molecule is CCCN(CCC)C(=O)c1cc(NC(=O)c2cccc([N+](=O)[O-])c2C)c(=O)n(C)c1. The van der Waals surface area contributed by atoms with E-state index in [-0.39, 0.29) is 34.0 Å². The van der Waals surface area contributed by atoms with Gasteiger partial charge in [-0.3, -0.25) is 24.5 Å². The van der Waals surface area contributed by atoms with Gasteiger partial charge in [0, 0.05) is 43.5 Å². The van der Waals surface area contributed by atoms with Crippen molar-refractivity contribution >= 4 is 23.2 Å². The summed E-state index contributed by atoms with van der Waals surface area (Å²) in [5.41, 5.74) is -0.172. The third-order valence-electron chi connectivity index (χ3n) is 4.70. The molecule has 2 aromatic rings. The third kappa shape index (κ3) is 4.91. The largest absolute Gasteiger partial charge is 0.339 e. The fraction of sp³-hybridized carbons (Fsp3) is 0.381. The number of hydrogen-bond acceptors (Lipinski definition) is 5. The van der Waals surface area contributed by atoms with Crippen molar-refractivity contribution < 1.29 is 14.5 Å². The summed E-state index contributed by atoms with van der Waals surface area (Å²) in [5, 5.41) is 13.6. The van der Waals surface area contributed by atoms with Crippen LogP contribution in [0.5, 0.6) is 0 Å². The van der Waals surface area contributed by atoms with Crippen LogP contribution in [0.3, 0.4) is 0 Å². The van der Waals surface area contributed by atoms with Gasteiger partial charge in [0.15, 0.2) is 0 Å². The second kappa shape index (κ2) is 9.82. The molecule has 0 spiro atoms. The average Bonchev–Trinajstić information content (AvgIpc) is 2.70. The first kappa shape index (κ1) is 22.8. The summed E-state index contributed by atoms with van der Waals surface area (Å²) < 4.78 is 1.24. The van der Waals surface area contributed by atoms with Crippen LogP contribution in [0, 0.1) is 17.0 Å². The molecule has 0 fully saturated rings. The number of benzene rings is 1. The van der Waals surface area contributed by atoms with Crippen molar-refractivity contribution in [1.82, 2.24) is 9.47 Å². The fourth-order valence-electron chi connectivity index (χ4n) is 3.21. The van der Waals surface area contributed by atoms with Crippen molar-refractivity contribution in [2.75, 3.05) is 18.4 Å². The first-order valence-electron chi connectivity index (χ1n) is 9.76. The van der Waals surface area contributed by atoms with Crippen LogP contribution in [0.15, 0.2) is 35.3 Å². The molecule has 1 aromatic heterocycles. The van der Waals surface area contributed by atoms with Crippen molar-refractivity contribution in [2.45, 2.75) is 33.6 Å². The lowest BCUT2D eigenvalue weighted by Crippen LogP contribution is -2.34. The Bertz CT molecular complexity index is 1020. The first-order valence-corrected chi connectivity index (χ1v) is 9.76. The number of anilines is 1. The molecule has 0 atom stereocenters. The quantitative estimate of drug-likeness (QED) is 0.526. The Morgan fingerprint density at radius 3 is 2.40 bits per heavy atom. The maximum absolute atomic E-state index is 12.9. The Kier molecular flexibility index (Phi) is 7.46. The van der Waals surface area contributed by atoms with Gasteiger partial charge in [-0.25, -0.2) is 0 Å². The van der Waals surface area contributed by atoms with Gasteiger partial charge in [0.05, 0.1) is 10.5 Å². The van der Waals surface area contributed by atoms with Crippen LogP contribution in [0.4, 0.5) is 11.4 Å². The number of amides is 2. The highest BCUT2D eigenvalue weighted by atomic mass is 16.6. The summed E-state index contributed by atoms with van der Waals surface area (Å²) in [5.74, 6) is -0.881. The predicted octanol–water partition coefficient (Wildman–Crippen LogP) is 3.12. The molecule has 9 nitrogen and oxygen atoms in total. The molecule has 1 heterocycles. The summed E-state index contributed by atoms with van der Waals surface area (Å²) in [6.07, 6.45) is 3.04. The molecule has 1 N–H and O–H groups in total. The van der Waals surface area contributed by atoms with Crippen molar-refractivity contribution in [3.05, 3.63) is 67.6 Å². The lowest BCUT2D eigenvalue weighted by Gasteiger charge is -2.22. The summed E-state index contributed by atoms with van der Waals surface area (Å²) in [6.45, 7) is 6.60. The van der Waals surface area contributed by atoms with Crippen LogP contribution >= 0.6 is 0 Å². The Balaban J connectivity index is 2.40.